The predicted octanol–water partition coefficient (Wildman–Crippen LogP) is 4.83. The van der Waals surface area contributed by atoms with Crippen molar-refractivity contribution in [1.82, 2.24) is 0 Å². The fraction of sp³-hybridized carbons (Fsp3) is 0.182. The quantitative estimate of drug-likeness (QED) is 0.481. The Kier molecular flexibility index (Phi) is 7.35. The molecule has 1 amide bonds. The first-order valence-electron chi connectivity index (χ1n) is 9.10. The van der Waals surface area contributed by atoms with Gasteiger partial charge in [0.2, 0.25) is 6.10 Å². The van der Waals surface area contributed by atoms with Crippen molar-refractivity contribution in [3.8, 4) is 5.75 Å². The first-order chi connectivity index (χ1) is 14.8. The number of nitrogens with zero attached hydrogens (tertiary/aromatic N) is 1. The third-order valence-corrected chi connectivity index (χ3v) is 4.93. The van der Waals surface area contributed by atoms with E-state index in [1.807, 2.05) is 6.07 Å². The van der Waals surface area contributed by atoms with E-state index in [9.17, 15) is 14.7 Å². The van der Waals surface area contributed by atoms with Crippen molar-refractivity contribution in [2.45, 2.75) is 6.10 Å². The van der Waals surface area contributed by atoms with Crippen LogP contribution in [0.1, 0.15) is 10.4 Å². The minimum atomic E-state index is -1.17. The average molecular weight is 464 g/mol. The number of aromatic carboxylic acids is 1. The van der Waals surface area contributed by atoms with E-state index in [0.29, 0.717) is 21.5 Å². The third-order valence-electron chi connectivity index (χ3n) is 4.41. The lowest BCUT2D eigenvalue weighted by Gasteiger charge is -2.26. The maximum atomic E-state index is 13.2. The van der Waals surface area contributed by atoms with Gasteiger partial charge in [-0.1, -0.05) is 41.4 Å². The normalized spacial score (nSPS) is 11.9. The van der Waals surface area contributed by atoms with Gasteiger partial charge < -0.3 is 14.6 Å². The van der Waals surface area contributed by atoms with Crippen molar-refractivity contribution in [3.05, 3.63) is 70.2 Å². The summed E-state index contributed by atoms with van der Waals surface area (Å²) in [5.74, 6) is -1.61. The number of para-hydroxylation sites is 1. The molecule has 0 aromatic heterocycles. The molecule has 0 radical (unpaired) electrons. The Hall–Kier alpha value is -2.84. The lowest BCUT2D eigenvalue weighted by atomic mass is 10.1. The number of methoxy groups -OCH3 is 1. The number of fused-ring (bicyclic) bond motifs is 1. The summed E-state index contributed by atoms with van der Waals surface area (Å²) in [6, 6.07) is 14.5. The third kappa shape index (κ3) is 5.08. The molecular formula is C22H19Cl2NO6. The zero-order valence-corrected chi connectivity index (χ0v) is 18.2. The van der Waals surface area contributed by atoms with Crippen LogP contribution in [0.25, 0.3) is 10.8 Å². The number of amides is 1. The molecule has 0 aliphatic carbocycles. The summed E-state index contributed by atoms with van der Waals surface area (Å²) in [6.45, 7) is -0.116. The van der Waals surface area contributed by atoms with E-state index in [1.54, 1.807) is 30.3 Å². The molecule has 0 aliphatic rings. The maximum absolute atomic E-state index is 13.2. The summed E-state index contributed by atoms with van der Waals surface area (Å²) in [5.41, 5.74) is 0.449. The molecule has 3 aromatic carbocycles. The van der Waals surface area contributed by atoms with Gasteiger partial charge in [-0.25, -0.2) is 4.79 Å². The van der Waals surface area contributed by atoms with E-state index in [1.165, 1.54) is 32.4 Å². The zero-order chi connectivity index (χ0) is 22.5. The summed E-state index contributed by atoms with van der Waals surface area (Å²) in [7, 11) is 2.77. The molecular weight excluding hydrogens is 445 g/mol. The Balaban J connectivity index is 2.06. The molecule has 0 aliphatic heterocycles. The number of carboxylic acids is 1. The summed E-state index contributed by atoms with van der Waals surface area (Å²) < 4.78 is 11.1. The smallest absolute Gasteiger partial charge is 0.335 e. The molecule has 0 saturated heterocycles. The molecule has 0 bridgehead atoms. The molecule has 0 fully saturated rings. The molecule has 1 atom stereocenters. The molecule has 1 unspecified atom stereocenters. The Labute approximate surface area is 188 Å². The van der Waals surface area contributed by atoms with Crippen LogP contribution in [0, 0.1) is 0 Å². The SMILES string of the molecule is COCC(Oc1cc(C(=O)O)cc2cc(Cl)cc(Cl)c12)C(=O)N(OC)c1ccccc1. The standard InChI is InChI=1S/C22H19Cl2NO6/c1-29-12-19(21(26)25(30-2)16-6-4-3-5-7-16)31-18-10-14(22(27)28)8-13-9-15(23)11-17(24)20(13)18/h3-11,19H,12H2,1-2H3,(H,27,28). The number of carbonyl (C=O) groups excluding carboxylic acids is 1. The number of carbonyl (C=O) groups is 2. The Bertz CT molecular complexity index is 1110. The highest BCUT2D eigenvalue weighted by molar-refractivity contribution is 6.39. The van der Waals surface area contributed by atoms with Gasteiger partial charge >= 0.3 is 5.97 Å². The highest BCUT2D eigenvalue weighted by Crippen LogP contribution is 2.37. The van der Waals surface area contributed by atoms with E-state index in [-0.39, 0.29) is 22.9 Å². The number of carboxylic acid groups (broad SMARTS) is 1. The molecule has 7 nitrogen and oxygen atoms in total. The topological polar surface area (TPSA) is 85.3 Å². The van der Waals surface area contributed by atoms with Crippen molar-refractivity contribution >= 4 is 51.5 Å². The van der Waals surface area contributed by atoms with Crippen LogP contribution in [0.2, 0.25) is 10.0 Å². The van der Waals surface area contributed by atoms with Gasteiger partial charge in [0, 0.05) is 17.5 Å². The predicted molar refractivity (Wildman–Crippen MR) is 118 cm³/mol. The van der Waals surface area contributed by atoms with E-state index >= 15 is 0 Å². The Morgan fingerprint density at radius 1 is 1.06 bits per heavy atom. The van der Waals surface area contributed by atoms with Crippen molar-refractivity contribution < 1.29 is 29.0 Å². The van der Waals surface area contributed by atoms with Crippen LogP contribution < -0.4 is 9.80 Å². The number of halogens is 2. The van der Waals surface area contributed by atoms with Gasteiger partial charge in [-0.15, -0.1) is 0 Å². The molecule has 1 N–H and O–H groups in total. The van der Waals surface area contributed by atoms with Crippen LogP contribution in [0.5, 0.6) is 5.75 Å². The van der Waals surface area contributed by atoms with E-state index in [0.717, 1.165) is 5.06 Å². The first-order valence-corrected chi connectivity index (χ1v) is 9.86. The minimum Gasteiger partial charge on any atom is -0.478 e. The largest absolute Gasteiger partial charge is 0.478 e. The highest BCUT2D eigenvalue weighted by atomic mass is 35.5. The first kappa shape index (κ1) is 22.8. The Morgan fingerprint density at radius 3 is 2.39 bits per heavy atom. The number of anilines is 1. The van der Waals surface area contributed by atoms with Gasteiger partial charge in [-0.05, 0) is 41.8 Å². The number of benzene rings is 3. The second-order valence-electron chi connectivity index (χ2n) is 6.48. The van der Waals surface area contributed by atoms with Crippen molar-refractivity contribution in [2.75, 3.05) is 25.9 Å². The van der Waals surface area contributed by atoms with Crippen LogP contribution >= 0.6 is 23.2 Å². The Morgan fingerprint density at radius 2 is 1.77 bits per heavy atom. The van der Waals surface area contributed by atoms with Gasteiger partial charge in [0.1, 0.15) is 5.75 Å². The van der Waals surface area contributed by atoms with Gasteiger partial charge in [-0.2, -0.15) is 5.06 Å². The van der Waals surface area contributed by atoms with Gasteiger partial charge in [0.15, 0.2) is 0 Å². The zero-order valence-electron chi connectivity index (χ0n) is 16.7. The average Bonchev–Trinajstić information content (AvgIpc) is 2.73. The second kappa shape index (κ2) is 9.98. The van der Waals surface area contributed by atoms with Gasteiger partial charge in [0.05, 0.1) is 30.0 Å². The van der Waals surface area contributed by atoms with Crippen molar-refractivity contribution in [3.63, 3.8) is 0 Å². The fourth-order valence-electron chi connectivity index (χ4n) is 3.08. The molecule has 3 aromatic rings. The van der Waals surface area contributed by atoms with Crippen LogP contribution in [0.15, 0.2) is 54.6 Å². The highest BCUT2D eigenvalue weighted by Gasteiger charge is 2.29. The molecule has 0 heterocycles. The van der Waals surface area contributed by atoms with E-state index in [4.69, 9.17) is 37.5 Å². The maximum Gasteiger partial charge on any atom is 0.335 e. The number of ether oxygens (including phenoxy) is 2. The number of hydrogen-bond acceptors (Lipinski definition) is 5. The lowest BCUT2D eigenvalue weighted by molar-refractivity contribution is -0.134. The van der Waals surface area contributed by atoms with Crippen LogP contribution in [-0.4, -0.2) is 43.9 Å². The van der Waals surface area contributed by atoms with Crippen LogP contribution in [0.3, 0.4) is 0 Å². The number of hydrogen-bond donors (Lipinski definition) is 1. The number of hydroxylamine groups is 1. The number of rotatable bonds is 8. The molecule has 162 valence electrons. The summed E-state index contributed by atoms with van der Waals surface area (Å²) in [5, 5.41) is 12.0. The van der Waals surface area contributed by atoms with Crippen molar-refractivity contribution in [2.24, 2.45) is 0 Å². The molecule has 0 spiro atoms. The van der Waals surface area contributed by atoms with E-state index in [2.05, 4.69) is 0 Å². The minimum absolute atomic E-state index is 0.0453. The fourth-order valence-corrected chi connectivity index (χ4v) is 3.69. The monoisotopic (exact) mass is 463 g/mol. The molecule has 31 heavy (non-hydrogen) atoms. The van der Waals surface area contributed by atoms with Crippen molar-refractivity contribution in [1.29, 1.82) is 0 Å². The summed E-state index contributed by atoms with van der Waals surface area (Å²) >= 11 is 12.4. The van der Waals surface area contributed by atoms with E-state index < -0.39 is 18.0 Å². The lowest BCUT2D eigenvalue weighted by Crippen LogP contribution is -2.44. The summed E-state index contributed by atoms with van der Waals surface area (Å²) in [4.78, 5) is 30.1. The summed E-state index contributed by atoms with van der Waals surface area (Å²) in [6.07, 6.45) is -1.15. The van der Waals surface area contributed by atoms with Crippen LogP contribution in [0.4, 0.5) is 5.69 Å². The van der Waals surface area contributed by atoms with Gasteiger partial charge in [-0.3, -0.25) is 9.63 Å². The molecule has 0 saturated carbocycles. The van der Waals surface area contributed by atoms with Crippen LogP contribution in [-0.2, 0) is 14.4 Å². The second-order valence-corrected chi connectivity index (χ2v) is 7.32. The molecule has 3 rings (SSSR count). The van der Waals surface area contributed by atoms with Gasteiger partial charge in [0.25, 0.3) is 5.91 Å². The molecule has 9 heteroatoms.